The molecule has 1 aromatic rings. The molecule has 0 bridgehead atoms. The highest BCUT2D eigenvalue weighted by Gasteiger charge is 2.26. The third-order valence-corrected chi connectivity index (χ3v) is 4.55. The molecule has 1 aliphatic heterocycles. The van der Waals surface area contributed by atoms with Crippen LogP contribution in [0, 0.1) is 0 Å². The summed E-state index contributed by atoms with van der Waals surface area (Å²) in [5.74, 6) is 0.414. The van der Waals surface area contributed by atoms with E-state index < -0.39 is 12.6 Å². The molecule has 0 unspecified atom stereocenters. The maximum absolute atomic E-state index is 12.2. The molecule has 0 spiro atoms. The lowest BCUT2D eigenvalue weighted by atomic mass is 10.3. The van der Waals surface area contributed by atoms with E-state index in [1.165, 1.54) is 12.8 Å². The molecule has 0 radical (unpaired) electrons. The van der Waals surface area contributed by atoms with Crippen molar-refractivity contribution in [3.05, 3.63) is 11.1 Å². The maximum Gasteiger partial charge on any atom is 0.390 e. The average Bonchev–Trinajstić information content (AvgIpc) is 3.17. The Hall–Kier alpha value is -1.51. The zero-order chi connectivity index (χ0) is 17.4. The van der Waals surface area contributed by atoms with Gasteiger partial charge in [-0.2, -0.15) is 13.2 Å². The van der Waals surface area contributed by atoms with Crippen LogP contribution >= 0.6 is 11.3 Å². The Morgan fingerprint density at radius 2 is 2.08 bits per heavy atom. The molecule has 0 aliphatic carbocycles. The van der Waals surface area contributed by atoms with Crippen molar-refractivity contribution in [2.24, 2.45) is 4.99 Å². The van der Waals surface area contributed by atoms with Gasteiger partial charge in [-0.3, -0.25) is 4.99 Å². The molecule has 9 heteroatoms. The summed E-state index contributed by atoms with van der Waals surface area (Å²) >= 11 is 1.65. The summed E-state index contributed by atoms with van der Waals surface area (Å²) in [6.45, 7) is 4.94. The van der Waals surface area contributed by atoms with Crippen molar-refractivity contribution in [3.63, 3.8) is 0 Å². The van der Waals surface area contributed by atoms with Gasteiger partial charge in [0.2, 0.25) is 0 Å². The summed E-state index contributed by atoms with van der Waals surface area (Å²) in [6, 6.07) is 0. The normalized spacial score (nSPS) is 15.8. The Morgan fingerprint density at radius 1 is 1.33 bits per heavy atom. The van der Waals surface area contributed by atoms with Crippen molar-refractivity contribution in [1.29, 1.82) is 0 Å². The molecule has 1 aliphatic rings. The number of rotatable bonds is 7. The van der Waals surface area contributed by atoms with Crippen LogP contribution in [-0.4, -0.2) is 49.8 Å². The van der Waals surface area contributed by atoms with Gasteiger partial charge in [0.15, 0.2) is 11.1 Å². The molecule has 1 saturated heterocycles. The predicted octanol–water partition coefficient (Wildman–Crippen LogP) is 2.79. The fourth-order valence-corrected chi connectivity index (χ4v) is 3.32. The van der Waals surface area contributed by atoms with E-state index in [2.05, 4.69) is 25.5 Å². The van der Waals surface area contributed by atoms with Gasteiger partial charge in [0.25, 0.3) is 0 Å². The van der Waals surface area contributed by atoms with E-state index in [1.807, 2.05) is 12.3 Å². The van der Waals surface area contributed by atoms with E-state index in [0.29, 0.717) is 25.5 Å². The molecular weight excluding hydrogens is 339 g/mol. The van der Waals surface area contributed by atoms with Crippen molar-refractivity contribution in [1.82, 2.24) is 15.6 Å². The number of thiazole rings is 1. The molecule has 136 valence electrons. The molecule has 2 rings (SSSR count). The fourth-order valence-electron chi connectivity index (χ4n) is 2.41. The van der Waals surface area contributed by atoms with Crippen LogP contribution in [0.2, 0.25) is 0 Å². The molecule has 0 amide bonds. The molecule has 24 heavy (non-hydrogen) atoms. The van der Waals surface area contributed by atoms with Crippen LogP contribution in [0.25, 0.3) is 0 Å². The van der Waals surface area contributed by atoms with Crippen molar-refractivity contribution < 1.29 is 13.2 Å². The second-order valence-corrected chi connectivity index (χ2v) is 6.45. The Bertz CT molecular complexity index is 523. The third-order valence-electron chi connectivity index (χ3n) is 3.60. The standard InChI is InChI=1S/C15H24F3N5S/c1-2-19-13(21-8-6-15(16,17)18)20-7-5-12-11-24-14(22-12)23-9-3-4-10-23/h11H,2-10H2,1H3,(H2,19,20,21). The Kier molecular flexibility index (Phi) is 7.14. The summed E-state index contributed by atoms with van der Waals surface area (Å²) in [7, 11) is 0. The van der Waals surface area contributed by atoms with E-state index in [9.17, 15) is 13.2 Å². The second kappa shape index (κ2) is 9.10. The average molecular weight is 363 g/mol. The number of halogens is 3. The van der Waals surface area contributed by atoms with E-state index in [4.69, 9.17) is 0 Å². The van der Waals surface area contributed by atoms with Crippen molar-refractivity contribution in [2.75, 3.05) is 37.6 Å². The zero-order valence-corrected chi connectivity index (χ0v) is 14.6. The van der Waals surface area contributed by atoms with Gasteiger partial charge in [-0.15, -0.1) is 11.3 Å². The molecule has 1 aromatic heterocycles. The van der Waals surface area contributed by atoms with E-state index >= 15 is 0 Å². The van der Waals surface area contributed by atoms with Gasteiger partial charge >= 0.3 is 6.18 Å². The van der Waals surface area contributed by atoms with Gasteiger partial charge in [-0.1, -0.05) is 0 Å². The highest BCUT2D eigenvalue weighted by molar-refractivity contribution is 7.13. The largest absolute Gasteiger partial charge is 0.390 e. The smallest absolute Gasteiger partial charge is 0.357 e. The minimum Gasteiger partial charge on any atom is -0.357 e. The number of alkyl halides is 3. The highest BCUT2D eigenvalue weighted by Crippen LogP contribution is 2.24. The zero-order valence-electron chi connectivity index (χ0n) is 13.8. The number of nitrogens with one attached hydrogen (secondary N) is 2. The molecule has 2 N–H and O–H groups in total. The first kappa shape index (κ1) is 18.8. The number of anilines is 1. The highest BCUT2D eigenvalue weighted by atomic mass is 32.1. The SMILES string of the molecule is CCNC(=NCCC(F)(F)F)NCCc1csc(N2CCCC2)n1. The number of nitrogens with zero attached hydrogens (tertiary/aromatic N) is 3. The monoisotopic (exact) mass is 363 g/mol. The summed E-state index contributed by atoms with van der Waals surface area (Å²) in [6.07, 6.45) is -1.93. The lowest BCUT2D eigenvalue weighted by molar-refractivity contribution is -0.132. The van der Waals surface area contributed by atoms with Crippen molar-refractivity contribution >= 4 is 22.4 Å². The molecule has 0 saturated carbocycles. The van der Waals surface area contributed by atoms with Crippen LogP contribution in [-0.2, 0) is 6.42 Å². The predicted molar refractivity (Wildman–Crippen MR) is 91.9 cm³/mol. The number of hydrogen-bond acceptors (Lipinski definition) is 4. The van der Waals surface area contributed by atoms with Gasteiger partial charge in [-0.25, -0.2) is 4.98 Å². The number of aliphatic imine (C=N–C) groups is 1. The van der Waals surface area contributed by atoms with Crippen LogP contribution < -0.4 is 15.5 Å². The van der Waals surface area contributed by atoms with Gasteiger partial charge in [0.1, 0.15) is 0 Å². The van der Waals surface area contributed by atoms with E-state index in [-0.39, 0.29) is 6.54 Å². The summed E-state index contributed by atoms with van der Waals surface area (Å²) in [5.41, 5.74) is 1.00. The summed E-state index contributed by atoms with van der Waals surface area (Å²) < 4.78 is 36.5. The van der Waals surface area contributed by atoms with Gasteiger partial charge in [-0.05, 0) is 19.8 Å². The summed E-state index contributed by atoms with van der Waals surface area (Å²) in [5, 5.41) is 9.12. The van der Waals surface area contributed by atoms with Crippen molar-refractivity contribution in [2.45, 2.75) is 38.8 Å². The van der Waals surface area contributed by atoms with E-state index in [0.717, 1.165) is 23.9 Å². The number of hydrogen-bond donors (Lipinski definition) is 2. The third kappa shape index (κ3) is 6.54. The quantitative estimate of drug-likeness (QED) is 0.578. The Labute approximate surface area is 144 Å². The van der Waals surface area contributed by atoms with Crippen LogP contribution in [0.3, 0.4) is 0 Å². The molecule has 0 atom stereocenters. The lowest BCUT2D eigenvalue weighted by Crippen LogP contribution is -2.38. The number of guanidine groups is 1. The Balaban J connectivity index is 1.76. The first-order valence-electron chi connectivity index (χ1n) is 8.26. The van der Waals surface area contributed by atoms with Gasteiger partial charge in [0.05, 0.1) is 18.7 Å². The molecule has 2 heterocycles. The van der Waals surface area contributed by atoms with Crippen LogP contribution in [0.1, 0.15) is 31.9 Å². The first-order valence-corrected chi connectivity index (χ1v) is 9.14. The van der Waals surface area contributed by atoms with Crippen LogP contribution in [0.5, 0.6) is 0 Å². The van der Waals surface area contributed by atoms with Gasteiger partial charge < -0.3 is 15.5 Å². The lowest BCUT2D eigenvalue weighted by Gasteiger charge is -2.12. The fraction of sp³-hybridized carbons (Fsp3) is 0.733. The molecular formula is C15H24F3N5S. The minimum atomic E-state index is -4.17. The second-order valence-electron chi connectivity index (χ2n) is 5.62. The van der Waals surface area contributed by atoms with Crippen LogP contribution in [0.15, 0.2) is 10.4 Å². The topological polar surface area (TPSA) is 52.6 Å². The molecule has 1 fully saturated rings. The van der Waals surface area contributed by atoms with Crippen LogP contribution in [0.4, 0.5) is 18.3 Å². The molecule has 0 aromatic carbocycles. The van der Waals surface area contributed by atoms with Crippen molar-refractivity contribution in [3.8, 4) is 0 Å². The van der Waals surface area contributed by atoms with Gasteiger partial charge in [0, 0.05) is 38.0 Å². The first-order chi connectivity index (χ1) is 11.5. The molecule has 5 nitrogen and oxygen atoms in total. The minimum absolute atomic E-state index is 0.269. The maximum atomic E-state index is 12.2. The summed E-state index contributed by atoms with van der Waals surface area (Å²) in [4.78, 5) is 10.9. The van der Waals surface area contributed by atoms with E-state index in [1.54, 1.807) is 11.3 Å². The number of aromatic nitrogens is 1. The Morgan fingerprint density at radius 3 is 2.75 bits per heavy atom.